The molecule has 1 aliphatic heterocycles. The number of hydrogen-bond donors (Lipinski definition) is 1. The van der Waals surface area contributed by atoms with Gasteiger partial charge in [0.2, 0.25) is 5.89 Å². The summed E-state index contributed by atoms with van der Waals surface area (Å²) in [7, 11) is 1.59. The molecule has 0 saturated carbocycles. The van der Waals surface area contributed by atoms with E-state index < -0.39 is 0 Å². The maximum Gasteiger partial charge on any atom is 0.322 e. The molecule has 2 aromatic carbocycles. The van der Waals surface area contributed by atoms with E-state index in [-0.39, 0.29) is 12.1 Å². The van der Waals surface area contributed by atoms with Gasteiger partial charge in [-0.25, -0.2) is 4.79 Å². The lowest BCUT2D eigenvalue weighted by molar-refractivity contribution is 0.104. The third kappa shape index (κ3) is 5.03. The molecule has 1 saturated heterocycles. The Labute approximate surface area is 181 Å². The van der Waals surface area contributed by atoms with E-state index in [0.717, 1.165) is 18.7 Å². The lowest BCUT2D eigenvalue weighted by Crippen LogP contribution is -2.50. The van der Waals surface area contributed by atoms with Gasteiger partial charge in [-0.1, -0.05) is 47.6 Å². The second-order valence-electron chi connectivity index (χ2n) is 7.54. The van der Waals surface area contributed by atoms with Crippen LogP contribution in [0.1, 0.15) is 30.2 Å². The van der Waals surface area contributed by atoms with Crippen molar-refractivity contribution in [1.82, 2.24) is 19.9 Å². The number of amides is 2. The fourth-order valence-electron chi connectivity index (χ4n) is 3.70. The molecule has 1 aliphatic rings. The first-order valence-corrected chi connectivity index (χ1v) is 10.4. The highest BCUT2D eigenvalue weighted by atomic mass is 16.5. The molecule has 0 spiro atoms. The molecule has 162 valence electrons. The molecule has 1 atom stereocenters. The van der Waals surface area contributed by atoms with Gasteiger partial charge in [-0.15, -0.1) is 0 Å². The van der Waals surface area contributed by atoms with Gasteiger partial charge in [-0.3, -0.25) is 4.90 Å². The number of para-hydroxylation sites is 2. The SMILES string of the molecule is COc1ccccc1NC(=O)N1CCN(C(C)c2nc(Cc3ccccc3)no2)CC1. The van der Waals surface area contributed by atoms with Gasteiger partial charge in [0.05, 0.1) is 18.8 Å². The number of methoxy groups -OCH3 is 1. The topological polar surface area (TPSA) is 83.7 Å². The van der Waals surface area contributed by atoms with Gasteiger partial charge in [0.25, 0.3) is 0 Å². The van der Waals surface area contributed by atoms with Crippen molar-refractivity contribution in [2.45, 2.75) is 19.4 Å². The van der Waals surface area contributed by atoms with Gasteiger partial charge >= 0.3 is 6.03 Å². The quantitative estimate of drug-likeness (QED) is 0.655. The molecule has 2 heterocycles. The van der Waals surface area contributed by atoms with Crippen molar-refractivity contribution >= 4 is 11.7 Å². The number of ether oxygens (including phenoxy) is 1. The molecular formula is C23H27N5O3. The summed E-state index contributed by atoms with van der Waals surface area (Å²) >= 11 is 0. The predicted octanol–water partition coefficient (Wildman–Crippen LogP) is 3.58. The molecule has 1 unspecified atom stereocenters. The highest BCUT2D eigenvalue weighted by Crippen LogP contribution is 2.24. The summed E-state index contributed by atoms with van der Waals surface area (Å²) < 4.78 is 10.8. The Bertz CT molecular complexity index is 999. The van der Waals surface area contributed by atoms with E-state index in [9.17, 15) is 4.79 Å². The van der Waals surface area contributed by atoms with Crippen molar-refractivity contribution < 1.29 is 14.1 Å². The van der Waals surface area contributed by atoms with Gasteiger partial charge in [0.15, 0.2) is 5.82 Å². The van der Waals surface area contributed by atoms with Gasteiger partial charge < -0.3 is 19.5 Å². The van der Waals surface area contributed by atoms with Crippen LogP contribution in [-0.4, -0.2) is 59.3 Å². The minimum Gasteiger partial charge on any atom is -0.495 e. The number of carbonyl (C=O) groups is 1. The van der Waals surface area contributed by atoms with Crippen LogP contribution in [0.3, 0.4) is 0 Å². The molecule has 0 bridgehead atoms. The number of carbonyl (C=O) groups excluding carboxylic acids is 1. The zero-order valence-corrected chi connectivity index (χ0v) is 17.8. The van der Waals surface area contributed by atoms with E-state index in [1.54, 1.807) is 7.11 Å². The summed E-state index contributed by atoms with van der Waals surface area (Å²) in [5.41, 5.74) is 1.82. The Kier molecular flexibility index (Phi) is 6.47. The molecule has 2 amide bonds. The monoisotopic (exact) mass is 421 g/mol. The maximum atomic E-state index is 12.7. The number of nitrogens with one attached hydrogen (secondary N) is 1. The molecular weight excluding hydrogens is 394 g/mol. The first kappa shape index (κ1) is 20.9. The van der Waals surface area contributed by atoms with Crippen molar-refractivity contribution in [3.05, 3.63) is 71.9 Å². The van der Waals surface area contributed by atoms with Crippen molar-refractivity contribution in [3.63, 3.8) is 0 Å². The standard InChI is InChI=1S/C23H27N5O3/c1-17(22-25-21(26-31-22)16-18-8-4-3-5-9-18)27-12-14-28(15-13-27)23(29)24-19-10-6-7-11-20(19)30-2/h3-11,17H,12-16H2,1-2H3,(H,24,29). The number of rotatable bonds is 6. The molecule has 1 fully saturated rings. The fourth-order valence-corrected chi connectivity index (χ4v) is 3.70. The van der Waals surface area contributed by atoms with Crippen molar-refractivity contribution in [2.24, 2.45) is 0 Å². The fraction of sp³-hybridized carbons (Fsp3) is 0.348. The minimum absolute atomic E-state index is 0.00329. The molecule has 3 aromatic rings. The third-order valence-corrected chi connectivity index (χ3v) is 5.54. The van der Waals surface area contributed by atoms with Crippen molar-refractivity contribution in [1.29, 1.82) is 0 Å². The van der Waals surface area contributed by atoms with Crippen molar-refractivity contribution in [2.75, 3.05) is 38.6 Å². The van der Waals surface area contributed by atoms with E-state index in [4.69, 9.17) is 9.26 Å². The summed E-state index contributed by atoms with van der Waals surface area (Å²) in [6, 6.07) is 17.4. The zero-order chi connectivity index (χ0) is 21.6. The Hall–Kier alpha value is -3.39. The summed E-state index contributed by atoms with van der Waals surface area (Å²) in [6.07, 6.45) is 0.647. The van der Waals surface area contributed by atoms with Crippen LogP contribution >= 0.6 is 0 Å². The van der Waals surface area contributed by atoms with Crippen LogP contribution in [-0.2, 0) is 6.42 Å². The third-order valence-electron chi connectivity index (χ3n) is 5.54. The van der Waals surface area contributed by atoms with Crippen LogP contribution in [0.4, 0.5) is 10.5 Å². The van der Waals surface area contributed by atoms with E-state index in [1.807, 2.05) is 47.4 Å². The summed E-state index contributed by atoms with van der Waals surface area (Å²) in [5, 5.41) is 7.07. The summed E-state index contributed by atoms with van der Waals surface area (Å²) in [4.78, 5) is 21.3. The smallest absolute Gasteiger partial charge is 0.322 e. The van der Waals surface area contributed by atoms with E-state index in [2.05, 4.69) is 39.4 Å². The highest BCUT2D eigenvalue weighted by Gasteiger charge is 2.28. The van der Waals surface area contributed by atoms with Gasteiger partial charge in [-0.2, -0.15) is 4.98 Å². The number of urea groups is 1. The van der Waals surface area contributed by atoms with Gasteiger partial charge in [-0.05, 0) is 24.6 Å². The second-order valence-corrected chi connectivity index (χ2v) is 7.54. The summed E-state index contributed by atoms with van der Waals surface area (Å²) in [5.74, 6) is 1.94. The summed E-state index contributed by atoms with van der Waals surface area (Å²) in [6.45, 7) is 4.77. The number of nitrogens with zero attached hydrogens (tertiary/aromatic N) is 4. The molecule has 1 aromatic heterocycles. The van der Waals surface area contributed by atoms with Crippen LogP contribution in [0.5, 0.6) is 5.75 Å². The highest BCUT2D eigenvalue weighted by molar-refractivity contribution is 5.91. The van der Waals surface area contributed by atoms with Crippen LogP contribution in [0.25, 0.3) is 0 Å². The molecule has 4 rings (SSSR count). The Morgan fingerprint density at radius 1 is 1.10 bits per heavy atom. The molecule has 8 nitrogen and oxygen atoms in total. The molecule has 0 aliphatic carbocycles. The first-order valence-electron chi connectivity index (χ1n) is 10.4. The molecule has 0 radical (unpaired) electrons. The van der Waals surface area contributed by atoms with Gasteiger partial charge in [0, 0.05) is 32.6 Å². The lowest BCUT2D eigenvalue weighted by Gasteiger charge is -2.36. The van der Waals surface area contributed by atoms with Crippen LogP contribution in [0.2, 0.25) is 0 Å². The Morgan fingerprint density at radius 3 is 2.55 bits per heavy atom. The van der Waals surface area contributed by atoms with Gasteiger partial charge in [0.1, 0.15) is 5.75 Å². The number of hydrogen-bond acceptors (Lipinski definition) is 6. The lowest BCUT2D eigenvalue weighted by atomic mass is 10.1. The maximum absolute atomic E-state index is 12.7. The normalized spacial score (nSPS) is 15.5. The molecule has 8 heteroatoms. The van der Waals surface area contributed by atoms with Crippen molar-refractivity contribution in [3.8, 4) is 5.75 Å². The minimum atomic E-state index is -0.125. The number of piperazine rings is 1. The van der Waals surface area contributed by atoms with Crippen LogP contribution in [0, 0.1) is 0 Å². The Morgan fingerprint density at radius 2 is 1.81 bits per heavy atom. The largest absolute Gasteiger partial charge is 0.495 e. The predicted molar refractivity (Wildman–Crippen MR) is 117 cm³/mol. The van der Waals surface area contributed by atoms with Crippen LogP contribution in [0.15, 0.2) is 59.1 Å². The Balaban J connectivity index is 1.31. The van der Waals surface area contributed by atoms with E-state index in [0.29, 0.717) is 42.7 Å². The molecule has 1 N–H and O–H groups in total. The van der Waals surface area contributed by atoms with E-state index >= 15 is 0 Å². The number of aromatic nitrogens is 2. The number of benzene rings is 2. The number of anilines is 1. The van der Waals surface area contributed by atoms with Crippen LogP contribution < -0.4 is 10.1 Å². The molecule has 31 heavy (non-hydrogen) atoms. The first-order chi connectivity index (χ1) is 15.1. The van der Waals surface area contributed by atoms with E-state index in [1.165, 1.54) is 0 Å². The second kappa shape index (κ2) is 9.61. The zero-order valence-electron chi connectivity index (χ0n) is 17.8. The average molecular weight is 422 g/mol. The average Bonchev–Trinajstić information content (AvgIpc) is 3.28.